The van der Waals surface area contributed by atoms with E-state index in [1.54, 1.807) is 41.3 Å². The maximum absolute atomic E-state index is 13.6. The number of carboxylic acids is 1. The average molecular weight is 624 g/mol. The normalized spacial score (nSPS) is 17.6. The van der Waals surface area contributed by atoms with Crippen molar-refractivity contribution < 1.29 is 43.3 Å². The Balaban J connectivity index is 1.22. The first kappa shape index (κ1) is 30.8. The molecular weight excluding hydrogens is 593 g/mol. The van der Waals surface area contributed by atoms with Crippen molar-refractivity contribution in [3.05, 3.63) is 89.2 Å². The van der Waals surface area contributed by atoms with E-state index in [0.717, 1.165) is 28.9 Å². The van der Waals surface area contributed by atoms with Gasteiger partial charge in [-0.05, 0) is 65.2 Å². The summed E-state index contributed by atoms with van der Waals surface area (Å²) >= 11 is 1.35. The minimum Gasteiger partial charge on any atom is -0.493 e. The molecule has 0 radical (unpaired) electrons. The van der Waals surface area contributed by atoms with E-state index in [2.05, 4.69) is 10.6 Å². The molecular formula is C31H30FN3O8S. The van der Waals surface area contributed by atoms with E-state index in [0.29, 0.717) is 18.0 Å². The highest BCUT2D eigenvalue weighted by Crippen LogP contribution is 2.46. The second kappa shape index (κ2) is 13.8. The fourth-order valence-electron chi connectivity index (χ4n) is 4.92. The summed E-state index contributed by atoms with van der Waals surface area (Å²) in [5.41, 5.74) is 3.13. The molecule has 0 bridgehead atoms. The van der Waals surface area contributed by atoms with Gasteiger partial charge in [0.1, 0.15) is 29.1 Å². The Bertz CT molecular complexity index is 1540. The third-order valence-corrected chi connectivity index (χ3v) is 8.48. The van der Waals surface area contributed by atoms with Gasteiger partial charge in [0.15, 0.2) is 6.61 Å². The largest absolute Gasteiger partial charge is 0.493 e. The lowest BCUT2D eigenvalue weighted by molar-refractivity contribution is -0.137. The maximum atomic E-state index is 13.6. The second-order valence-electron chi connectivity index (χ2n) is 10.2. The number of aliphatic hydroxyl groups excluding tert-OH is 1. The van der Waals surface area contributed by atoms with Gasteiger partial charge in [-0.3, -0.25) is 19.2 Å². The van der Waals surface area contributed by atoms with Crippen LogP contribution in [0.4, 0.5) is 10.1 Å². The van der Waals surface area contributed by atoms with Gasteiger partial charge in [-0.1, -0.05) is 18.2 Å². The number of β-lactam (4-membered cyclic amide) rings is 1. The van der Waals surface area contributed by atoms with Crippen LogP contribution in [0.1, 0.15) is 28.8 Å². The number of amides is 3. The highest BCUT2D eigenvalue weighted by atomic mass is 32.2. The van der Waals surface area contributed by atoms with Crippen LogP contribution in [0.2, 0.25) is 0 Å². The number of fused-ring (bicyclic) bond motifs is 1. The molecule has 1 unspecified atom stereocenters. The Labute approximate surface area is 256 Å². The standard InChI is InChI=1S/C31H30FN3O8S/c32-21-4-6-22(7-5-21)35-29(30(31(35)41)44-17-24(36)19-3-10-25-20(13-19)11-12-42-25)18-1-8-23(9-2-18)43-16-27(38)33-14-26(37)34-15-28(39)40/h1-10,13,24,29-30,36H,11-12,14-17H2,(H,33,38)(H,34,37)(H,39,40)/t24?,29-,30-/m1/s1. The van der Waals surface area contributed by atoms with Crippen LogP contribution >= 0.6 is 11.8 Å². The number of carboxylic acid groups (broad SMARTS) is 1. The van der Waals surface area contributed by atoms with E-state index >= 15 is 0 Å². The van der Waals surface area contributed by atoms with Crippen molar-refractivity contribution in [2.24, 2.45) is 0 Å². The third kappa shape index (κ3) is 7.29. The fourth-order valence-corrected chi connectivity index (χ4v) is 6.22. The molecule has 44 heavy (non-hydrogen) atoms. The van der Waals surface area contributed by atoms with Crippen LogP contribution in [0, 0.1) is 5.82 Å². The van der Waals surface area contributed by atoms with Crippen molar-refractivity contribution >= 4 is 41.1 Å². The first-order valence-corrected chi connectivity index (χ1v) is 14.9. The van der Waals surface area contributed by atoms with E-state index in [-0.39, 0.29) is 18.3 Å². The molecule has 3 atom stereocenters. The molecule has 0 aliphatic carbocycles. The lowest BCUT2D eigenvalue weighted by Gasteiger charge is -2.47. The lowest BCUT2D eigenvalue weighted by atomic mass is 9.92. The van der Waals surface area contributed by atoms with Gasteiger partial charge in [-0.2, -0.15) is 0 Å². The minimum absolute atomic E-state index is 0.162. The SMILES string of the molecule is O=C(O)CNC(=O)CNC(=O)COc1ccc([C@@H]2[C@@H](SCC(O)c3ccc4c(c3)CCO4)C(=O)N2c2ccc(F)cc2)cc1. The molecule has 5 rings (SSSR count). The topological polar surface area (TPSA) is 154 Å². The fraction of sp³-hybridized carbons (Fsp3) is 0.290. The zero-order chi connectivity index (χ0) is 31.2. The number of nitrogens with zero attached hydrogens (tertiary/aromatic N) is 1. The predicted octanol–water partition coefficient (Wildman–Crippen LogP) is 2.38. The van der Waals surface area contributed by atoms with Crippen LogP contribution in [-0.4, -0.2) is 71.2 Å². The number of carbonyl (C=O) groups excluding carboxylic acids is 3. The Kier molecular flexibility index (Phi) is 9.65. The van der Waals surface area contributed by atoms with Crippen molar-refractivity contribution in [1.29, 1.82) is 0 Å². The van der Waals surface area contributed by atoms with Gasteiger partial charge >= 0.3 is 5.97 Å². The summed E-state index contributed by atoms with van der Waals surface area (Å²) in [6.45, 7) is -0.696. The van der Waals surface area contributed by atoms with Crippen LogP contribution in [0.15, 0.2) is 66.7 Å². The summed E-state index contributed by atoms with van der Waals surface area (Å²) < 4.78 is 24.7. The maximum Gasteiger partial charge on any atom is 0.322 e. The molecule has 4 N–H and O–H groups in total. The van der Waals surface area contributed by atoms with Crippen molar-refractivity contribution in [2.45, 2.75) is 23.8 Å². The number of thioether (sulfide) groups is 1. The van der Waals surface area contributed by atoms with Crippen LogP contribution in [0.3, 0.4) is 0 Å². The van der Waals surface area contributed by atoms with E-state index < -0.39 is 54.1 Å². The molecule has 11 nitrogen and oxygen atoms in total. The molecule has 2 heterocycles. The molecule has 13 heteroatoms. The Hall–Kier alpha value is -4.62. The molecule has 1 saturated heterocycles. The van der Waals surface area contributed by atoms with E-state index in [4.69, 9.17) is 14.6 Å². The first-order valence-electron chi connectivity index (χ1n) is 13.8. The monoisotopic (exact) mass is 623 g/mol. The van der Waals surface area contributed by atoms with Crippen LogP contribution < -0.4 is 25.0 Å². The summed E-state index contributed by atoms with van der Waals surface area (Å²) in [6.07, 6.45) is -0.000911. The minimum atomic E-state index is -1.20. The molecule has 0 aromatic heterocycles. The quantitative estimate of drug-likeness (QED) is 0.210. The van der Waals surface area contributed by atoms with Crippen molar-refractivity contribution in [3.63, 3.8) is 0 Å². The van der Waals surface area contributed by atoms with E-state index in [1.807, 2.05) is 18.2 Å². The number of ether oxygens (including phenoxy) is 2. The second-order valence-corrected chi connectivity index (χ2v) is 11.3. The third-order valence-electron chi connectivity index (χ3n) is 7.16. The average Bonchev–Trinajstić information content (AvgIpc) is 3.50. The number of rotatable bonds is 13. The molecule has 3 aromatic carbocycles. The molecule has 2 aliphatic heterocycles. The van der Waals surface area contributed by atoms with Gasteiger partial charge < -0.3 is 35.2 Å². The van der Waals surface area contributed by atoms with Gasteiger partial charge in [0.25, 0.3) is 5.91 Å². The molecule has 1 fully saturated rings. The number of carbonyl (C=O) groups is 4. The number of halogens is 1. The summed E-state index contributed by atoms with van der Waals surface area (Å²) in [4.78, 5) is 49.0. The van der Waals surface area contributed by atoms with Gasteiger partial charge in [-0.15, -0.1) is 11.8 Å². The summed E-state index contributed by atoms with van der Waals surface area (Å²) in [7, 11) is 0. The summed E-state index contributed by atoms with van der Waals surface area (Å²) in [5, 5.41) is 23.5. The smallest absolute Gasteiger partial charge is 0.322 e. The van der Waals surface area contributed by atoms with E-state index in [9.17, 15) is 28.7 Å². The molecule has 0 spiro atoms. The van der Waals surface area contributed by atoms with Gasteiger partial charge in [0, 0.05) is 17.9 Å². The summed E-state index contributed by atoms with van der Waals surface area (Å²) in [6, 6.07) is 17.7. The highest BCUT2D eigenvalue weighted by Gasteiger charge is 2.49. The van der Waals surface area contributed by atoms with Crippen LogP contribution in [-0.2, 0) is 25.6 Å². The van der Waals surface area contributed by atoms with Gasteiger partial charge in [0.2, 0.25) is 11.8 Å². The number of aliphatic carboxylic acids is 1. The predicted molar refractivity (Wildman–Crippen MR) is 159 cm³/mol. The Morgan fingerprint density at radius 1 is 1.02 bits per heavy atom. The van der Waals surface area contributed by atoms with E-state index in [1.165, 1.54) is 23.9 Å². The van der Waals surface area contributed by atoms with Crippen molar-refractivity contribution in [1.82, 2.24) is 10.6 Å². The number of aliphatic hydroxyl groups is 1. The highest BCUT2D eigenvalue weighted by molar-refractivity contribution is 8.00. The molecule has 2 aliphatic rings. The van der Waals surface area contributed by atoms with Crippen LogP contribution in [0.5, 0.6) is 11.5 Å². The zero-order valence-corrected chi connectivity index (χ0v) is 24.2. The number of hydrogen-bond donors (Lipinski definition) is 4. The van der Waals surface area contributed by atoms with Crippen molar-refractivity contribution in [2.75, 3.05) is 37.0 Å². The summed E-state index contributed by atoms with van der Waals surface area (Å²) in [5.74, 6) is -1.51. The van der Waals surface area contributed by atoms with Gasteiger partial charge in [-0.25, -0.2) is 4.39 Å². The first-order chi connectivity index (χ1) is 21.2. The molecule has 230 valence electrons. The zero-order valence-electron chi connectivity index (χ0n) is 23.4. The number of benzene rings is 3. The molecule has 3 aromatic rings. The number of hydrogen-bond acceptors (Lipinski definition) is 8. The van der Waals surface area contributed by atoms with Crippen LogP contribution in [0.25, 0.3) is 0 Å². The lowest BCUT2D eigenvalue weighted by Crippen LogP contribution is -2.57. The molecule has 0 saturated carbocycles. The van der Waals surface area contributed by atoms with Gasteiger partial charge in [0.05, 0.1) is 25.3 Å². The Morgan fingerprint density at radius 2 is 1.75 bits per heavy atom. The Morgan fingerprint density at radius 3 is 2.48 bits per heavy atom. The number of anilines is 1. The number of nitrogens with one attached hydrogen (secondary N) is 2. The van der Waals surface area contributed by atoms with Crippen molar-refractivity contribution in [3.8, 4) is 11.5 Å². The molecule has 3 amide bonds.